The number of likely N-dealkylation sites (tertiary alicyclic amines) is 1. The van der Waals surface area contributed by atoms with Crippen molar-refractivity contribution < 1.29 is 9.53 Å². The van der Waals surface area contributed by atoms with Crippen LogP contribution in [0.4, 0.5) is 0 Å². The Morgan fingerprint density at radius 2 is 2.00 bits per heavy atom. The largest absolute Gasteiger partial charge is 0.376 e. The molecule has 130 valence electrons. The molecule has 0 N–H and O–H groups in total. The second-order valence-corrected chi connectivity index (χ2v) is 6.98. The van der Waals surface area contributed by atoms with Crippen molar-refractivity contribution in [2.75, 3.05) is 60.0 Å². The van der Waals surface area contributed by atoms with Crippen molar-refractivity contribution in [3.05, 3.63) is 0 Å². The lowest BCUT2D eigenvalue weighted by atomic mass is 9.95. The summed E-state index contributed by atoms with van der Waals surface area (Å²) < 4.78 is 5.74. The second kappa shape index (κ2) is 9.27. The first-order valence-corrected chi connectivity index (χ1v) is 8.81. The van der Waals surface area contributed by atoms with Gasteiger partial charge in [-0.15, -0.1) is 6.42 Å². The summed E-state index contributed by atoms with van der Waals surface area (Å²) in [5, 5.41) is 0. The van der Waals surface area contributed by atoms with E-state index in [1.165, 1.54) is 0 Å². The van der Waals surface area contributed by atoms with Gasteiger partial charge < -0.3 is 14.5 Å². The number of hydrogen-bond acceptors (Lipinski definition) is 4. The number of hydrogen-bond donors (Lipinski definition) is 0. The summed E-state index contributed by atoms with van der Waals surface area (Å²) in [6, 6.07) is 0. The minimum absolute atomic E-state index is 0.146. The van der Waals surface area contributed by atoms with Crippen molar-refractivity contribution >= 4 is 5.91 Å². The maximum absolute atomic E-state index is 13.0. The van der Waals surface area contributed by atoms with E-state index in [-0.39, 0.29) is 12.0 Å². The Morgan fingerprint density at radius 1 is 1.26 bits per heavy atom. The van der Waals surface area contributed by atoms with Gasteiger partial charge in [-0.05, 0) is 52.9 Å². The van der Waals surface area contributed by atoms with Gasteiger partial charge in [-0.25, -0.2) is 0 Å². The van der Waals surface area contributed by atoms with Crippen LogP contribution in [0.5, 0.6) is 0 Å². The van der Waals surface area contributed by atoms with E-state index in [4.69, 9.17) is 11.2 Å². The van der Waals surface area contributed by atoms with Crippen LogP contribution in [0.1, 0.15) is 25.7 Å². The molecule has 2 heterocycles. The Balaban J connectivity index is 1.88. The van der Waals surface area contributed by atoms with Gasteiger partial charge in [0.25, 0.3) is 0 Å². The van der Waals surface area contributed by atoms with Crippen LogP contribution in [-0.2, 0) is 9.53 Å². The van der Waals surface area contributed by atoms with Gasteiger partial charge >= 0.3 is 0 Å². The van der Waals surface area contributed by atoms with Crippen molar-refractivity contribution in [1.29, 1.82) is 0 Å². The number of terminal acetylenes is 1. The SMILES string of the molecule is C#CCN1CCC(C(=O)N(CCN(C)C)C[C@@H]2CCCO2)CC1. The van der Waals surface area contributed by atoms with Crippen LogP contribution in [0, 0.1) is 18.3 Å². The number of ether oxygens (including phenoxy) is 1. The molecular formula is C18H31N3O2. The fraction of sp³-hybridized carbons (Fsp3) is 0.833. The molecule has 5 nitrogen and oxygen atoms in total. The first-order valence-electron chi connectivity index (χ1n) is 8.81. The van der Waals surface area contributed by atoms with Gasteiger partial charge in [0.1, 0.15) is 0 Å². The van der Waals surface area contributed by atoms with Gasteiger partial charge in [0, 0.05) is 32.2 Å². The van der Waals surface area contributed by atoms with Gasteiger partial charge in [-0.3, -0.25) is 9.69 Å². The smallest absolute Gasteiger partial charge is 0.225 e. The lowest BCUT2D eigenvalue weighted by molar-refractivity contribution is -0.138. The van der Waals surface area contributed by atoms with Crippen LogP contribution >= 0.6 is 0 Å². The average Bonchev–Trinajstić information content (AvgIpc) is 3.05. The van der Waals surface area contributed by atoms with E-state index < -0.39 is 0 Å². The Labute approximate surface area is 140 Å². The lowest BCUT2D eigenvalue weighted by Gasteiger charge is -2.34. The molecule has 0 unspecified atom stereocenters. The third kappa shape index (κ3) is 5.80. The number of carbonyl (C=O) groups is 1. The molecule has 1 amide bonds. The Bertz CT molecular complexity index is 405. The monoisotopic (exact) mass is 321 g/mol. The summed E-state index contributed by atoms with van der Waals surface area (Å²) >= 11 is 0. The molecule has 2 saturated heterocycles. The molecule has 0 aliphatic carbocycles. The van der Waals surface area contributed by atoms with Gasteiger partial charge in [-0.2, -0.15) is 0 Å². The highest BCUT2D eigenvalue weighted by atomic mass is 16.5. The predicted octanol–water partition coefficient (Wildman–Crippen LogP) is 0.901. The number of rotatable bonds is 7. The lowest BCUT2D eigenvalue weighted by Crippen LogP contribution is -2.47. The molecule has 0 saturated carbocycles. The van der Waals surface area contributed by atoms with E-state index in [1.54, 1.807) is 0 Å². The molecular weight excluding hydrogens is 290 g/mol. The Morgan fingerprint density at radius 3 is 2.57 bits per heavy atom. The van der Waals surface area contributed by atoms with Crippen molar-refractivity contribution in [1.82, 2.24) is 14.7 Å². The molecule has 0 aromatic carbocycles. The van der Waals surface area contributed by atoms with Gasteiger partial charge in [-0.1, -0.05) is 5.92 Å². The molecule has 5 heteroatoms. The second-order valence-electron chi connectivity index (χ2n) is 6.98. The topological polar surface area (TPSA) is 36.0 Å². The third-order valence-corrected chi connectivity index (χ3v) is 4.83. The molecule has 0 spiro atoms. The number of amides is 1. The van der Waals surface area contributed by atoms with Crippen LogP contribution in [0.2, 0.25) is 0 Å². The van der Waals surface area contributed by atoms with Crippen molar-refractivity contribution in [3.8, 4) is 12.3 Å². The van der Waals surface area contributed by atoms with E-state index in [2.05, 4.69) is 15.7 Å². The molecule has 0 aromatic heterocycles. The summed E-state index contributed by atoms with van der Waals surface area (Å²) in [7, 11) is 4.10. The van der Waals surface area contributed by atoms with Crippen LogP contribution in [-0.4, -0.2) is 86.7 Å². The minimum Gasteiger partial charge on any atom is -0.376 e. The zero-order chi connectivity index (χ0) is 16.7. The van der Waals surface area contributed by atoms with Crippen molar-refractivity contribution in [3.63, 3.8) is 0 Å². The van der Waals surface area contributed by atoms with Gasteiger partial charge in [0.2, 0.25) is 5.91 Å². The predicted molar refractivity (Wildman–Crippen MR) is 92.1 cm³/mol. The molecule has 23 heavy (non-hydrogen) atoms. The quantitative estimate of drug-likeness (QED) is 0.653. The van der Waals surface area contributed by atoms with Gasteiger partial charge in [0.15, 0.2) is 0 Å². The third-order valence-electron chi connectivity index (χ3n) is 4.83. The van der Waals surface area contributed by atoms with E-state index in [0.29, 0.717) is 12.5 Å². The normalized spacial score (nSPS) is 23.1. The minimum atomic E-state index is 0.146. The van der Waals surface area contributed by atoms with E-state index >= 15 is 0 Å². The Hall–Kier alpha value is -1.09. The Kier molecular flexibility index (Phi) is 7.35. The molecule has 2 aliphatic heterocycles. The summed E-state index contributed by atoms with van der Waals surface area (Å²) in [5.74, 6) is 3.15. The summed E-state index contributed by atoms with van der Waals surface area (Å²) in [6.07, 6.45) is 9.63. The first-order chi connectivity index (χ1) is 11.1. The number of carbonyl (C=O) groups excluding carboxylic acids is 1. The van der Waals surface area contributed by atoms with Crippen LogP contribution < -0.4 is 0 Å². The van der Waals surface area contributed by atoms with Crippen LogP contribution in [0.25, 0.3) is 0 Å². The zero-order valence-corrected chi connectivity index (χ0v) is 14.7. The zero-order valence-electron chi connectivity index (χ0n) is 14.7. The van der Waals surface area contributed by atoms with E-state index in [0.717, 1.165) is 65.0 Å². The number of nitrogens with zero attached hydrogens (tertiary/aromatic N) is 3. The van der Waals surface area contributed by atoms with Crippen LogP contribution in [0.3, 0.4) is 0 Å². The number of likely N-dealkylation sites (N-methyl/N-ethyl adjacent to an activating group) is 1. The average molecular weight is 321 g/mol. The molecule has 0 aromatic rings. The fourth-order valence-corrected chi connectivity index (χ4v) is 3.37. The van der Waals surface area contributed by atoms with Gasteiger partial charge in [0.05, 0.1) is 12.6 Å². The van der Waals surface area contributed by atoms with Crippen molar-refractivity contribution in [2.45, 2.75) is 31.8 Å². The molecule has 2 rings (SSSR count). The molecule has 0 radical (unpaired) electrons. The summed E-state index contributed by atoms with van der Waals surface area (Å²) in [5.41, 5.74) is 0. The first kappa shape index (κ1) is 18.3. The number of piperidine rings is 1. The highest BCUT2D eigenvalue weighted by Gasteiger charge is 2.30. The van der Waals surface area contributed by atoms with E-state index in [1.807, 2.05) is 19.0 Å². The fourth-order valence-electron chi connectivity index (χ4n) is 3.37. The molecule has 2 fully saturated rings. The van der Waals surface area contributed by atoms with Crippen molar-refractivity contribution in [2.24, 2.45) is 5.92 Å². The summed E-state index contributed by atoms with van der Waals surface area (Å²) in [6.45, 7) is 5.83. The molecule has 1 atom stereocenters. The molecule has 2 aliphatic rings. The maximum Gasteiger partial charge on any atom is 0.225 e. The van der Waals surface area contributed by atoms with E-state index in [9.17, 15) is 4.79 Å². The molecule has 0 bridgehead atoms. The summed E-state index contributed by atoms with van der Waals surface area (Å²) in [4.78, 5) is 19.4. The van der Waals surface area contributed by atoms with Crippen LogP contribution in [0.15, 0.2) is 0 Å². The maximum atomic E-state index is 13.0. The highest BCUT2D eigenvalue weighted by Crippen LogP contribution is 2.21. The highest BCUT2D eigenvalue weighted by molar-refractivity contribution is 5.79. The standard InChI is InChI=1S/C18H31N3O2/c1-4-9-20-10-7-16(8-11-20)18(22)21(13-12-19(2)3)15-17-6-5-14-23-17/h1,16-17H,5-15H2,2-3H3/t17-/m0/s1.